The van der Waals surface area contributed by atoms with Crippen LogP contribution in [0.25, 0.3) is 0 Å². The van der Waals surface area contributed by atoms with Gasteiger partial charge >= 0.3 is 6.18 Å². The molecule has 2 aliphatic heterocycles. The molecule has 0 bridgehead atoms. The van der Waals surface area contributed by atoms with Crippen LogP contribution in [0, 0.1) is 5.92 Å². The van der Waals surface area contributed by atoms with Crippen molar-refractivity contribution >= 4 is 34.8 Å². The van der Waals surface area contributed by atoms with Crippen LogP contribution in [-0.4, -0.2) is 25.0 Å². The van der Waals surface area contributed by atoms with Crippen molar-refractivity contribution in [2.24, 2.45) is 5.92 Å². The number of fused-ring (bicyclic) bond motifs is 1. The number of nitrogens with zero attached hydrogens (tertiary/aromatic N) is 2. The molecule has 3 aromatic carbocycles. The number of rotatable bonds is 4. The number of hydroxylamine groups is 1. The van der Waals surface area contributed by atoms with Gasteiger partial charge in [-0.15, -0.1) is 0 Å². The van der Waals surface area contributed by atoms with Crippen LogP contribution >= 0.6 is 11.6 Å². The first kappa shape index (κ1) is 23.2. The molecular weight excluding hydrogens is 485 g/mol. The monoisotopic (exact) mass is 502 g/mol. The van der Waals surface area contributed by atoms with Gasteiger partial charge in [-0.25, -0.2) is 9.96 Å². The fourth-order valence-corrected chi connectivity index (χ4v) is 4.55. The Kier molecular flexibility index (Phi) is 5.69. The number of alkyl halides is 3. The number of halogens is 4. The van der Waals surface area contributed by atoms with Gasteiger partial charge in [-0.3, -0.25) is 14.4 Å². The highest BCUT2D eigenvalue weighted by Crippen LogP contribution is 2.48. The molecule has 0 aliphatic carbocycles. The normalized spacial score (nSPS) is 22.0. The van der Waals surface area contributed by atoms with E-state index in [4.69, 9.17) is 21.2 Å². The van der Waals surface area contributed by atoms with E-state index >= 15 is 0 Å². The SMILES string of the molecule is COc1ccc(N2C(=O)C3ON(c4ccc(Cl)cc4)C(c4ccc(C(F)(F)F)cc4)C3C2=O)cc1. The number of hydrogen-bond donors (Lipinski definition) is 0. The molecule has 0 aromatic heterocycles. The lowest BCUT2D eigenvalue weighted by molar-refractivity contribution is -0.137. The summed E-state index contributed by atoms with van der Waals surface area (Å²) < 4.78 is 44.5. The van der Waals surface area contributed by atoms with E-state index in [0.717, 1.165) is 17.0 Å². The molecule has 2 fully saturated rings. The minimum atomic E-state index is -4.51. The fraction of sp³-hybridized carbons (Fsp3) is 0.200. The van der Waals surface area contributed by atoms with Gasteiger partial charge in [-0.1, -0.05) is 23.7 Å². The number of methoxy groups -OCH3 is 1. The molecule has 6 nitrogen and oxygen atoms in total. The van der Waals surface area contributed by atoms with Crippen LogP contribution in [0.5, 0.6) is 5.75 Å². The number of ether oxygens (including phenoxy) is 1. The van der Waals surface area contributed by atoms with E-state index in [1.165, 1.54) is 24.3 Å². The van der Waals surface area contributed by atoms with Crippen molar-refractivity contribution in [3.8, 4) is 5.75 Å². The maximum Gasteiger partial charge on any atom is 0.416 e. The quantitative estimate of drug-likeness (QED) is 0.446. The zero-order valence-electron chi connectivity index (χ0n) is 18.2. The zero-order valence-corrected chi connectivity index (χ0v) is 19.0. The molecule has 10 heteroatoms. The summed E-state index contributed by atoms with van der Waals surface area (Å²) in [5.74, 6) is -1.48. The second-order valence-electron chi connectivity index (χ2n) is 8.13. The van der Waals surface area contributed by atoms with Gasteiger partial charge in [0.15, 0.2) is 6.10 Å². The van der Waals surface area contributed by atoms with Crippen LogP contribution in [0.2, 0.25) is 5.02 Å². The van der Waals surface area contributed by atoms with E-state index in [-0.39, 0.29) is 0 Å². The second kappa shape index (κ2) is 8.58. The molecule has 0 spiro atoms. The first-order valence-electron chi connectivity index (χ1n) is 10.6. The number of anilines is 2. The molecule has 3 unspecified atom stereocenters. The van der Waals surface area contributed by atoms with E-state index in [9.17, 15) is 22.8 Å². The molecule has 35 heavy (non-hydrogen) atoms. The summed E-state index contributed by atoms with van der Waals surface area (Å²) in [4.78, 5) is 33.9. The Morgan fingerprint density at radius 1 is 0.857 bits per heavy atom. The second-order valence-corrected chi connectivity index (χ2v) is 8.56. The van der Waals surface area contributed by atoms with E-state index in [0.29, 0.717) is 27.7 Å². The van der Waals surface area contributed by atoms with Crippen LogP contribution in [0.3, 0.4) is 0 Å². The number of carbonyl (C=O) groups excluding carboxylic acids is 2. The Morgan fingerprint density at radius 2 is 1.46 bits per heavy atom. The van der Waals surface area contributed by atoms with E-state index in [1.54, 1.807) is 48.5 Å². The number of hydrogen-bond acceptors (Lipinski definition) is 5. The Morgan fingerprint density at radius 3 is 2.03 bits per heavy atom. The molecule has 2 heterocycles. The van der Waals surface area contributed by atoms with Gasteiger partial charge in [0.25, 0.3) is 5.91 Å². The highest BCUT2D eigenvalue weighted by Gasteiger charge is 2.60. The Bertz CT molecular complexity index is 1260. The molecule has 3 aromatic rings. The van der Waals surface area contributed by atoms with Gasteiger partial charge in [0.1, 0.15) is 11.7 Å². The highest BCUT2D eigenvalue weighted by atomic mass is 35.5. The zero-order chi connectivity index (χ0) is 24.9. The number of amides is 2. The number of carbonyl (C=O) groups is 2. The highest BCUT2D eigenvalue weighted by molar-refractivity contribution is 6.30. The predicted octanol–water partition coefficient (Wildman–Crippen LogP) is 5.42. The van der Waals surface area contributed by atoms with Gasteiger partial charge in [-0.2, -0.15) is 13.2 Å². The summed E-state index contributed by atoms with van der Waals surface area (Å²) in [7, 11) is 1.50. The third kappa shape index (κ3) is 4.00. The third-order valence-electron chi connectivity index (χ3n) is 6.11. The minimum Gasteiger partial charge on any atom is -0.497 e. The largest absolute Gasteiger partial charge is 0.497 e. The maximum atomic E-state index is 13.6. The van der Waals surface area contributed by atoms with Gasteiger partial charge < -0.3 is 4.74 Å². The summed E-state index contributed by atoms with van der Waals surface area (Å²) in [6, 6.07) is 16.6. The van der Waals surface area contributed by atoms with E-state index < -0.39 is 41.6 Å². The number of imide groups is 1. The Hall–Kier alpha value is -3.56. The average Bonchev–Trinajstić information content (AvgIpc) is 3.35. The van der Waals surface area contributed by atoms with E-state index in [1.807, 2.05) is 0 Å². The molecule has 2 aliphatic rings. The smallest absolute Gasteiger partial charge is 0.416 e. The summed E-state index contributed by atoms with van der Waals surface area (Å²) >= 11 is 5.99. The van der Waals surface area contributed by atoms with Crippen molar-refractivity contribution < 1.29 is 32.3 Å². The average molecular weight is 503 g/mol. The van der Waals surface area contributed by atoms with Gasteiger partial charge in [0.2, 0.25) is 5.91 Å². The number of benzene rings is 3. The third-order valence-corrected chi connectivity index (χ3v) is 6.36. The lowest BCUT2D eigenvalue weighted by atomic mass is 9.90. The summed E-state index contributed by atoms with van der Waals surface area (Å²) in [6.45, 7) is 0. The van der Waals surface area contributed by atoms with Crippen molar-refractivity contribution in [2.75, 3.05) is 17.1 Å². The molecule has 0 saturated carbocycles. The van der Waals surface area contributed by atoms with E-state index in [2.05, 4.69) is 0 Å². The lowest BCUT2D eigenvalue weighted by Crippen LogP contribution is -2.37. The van der Waals surface area contributed by atoms with Crippen LogP contribution in [0.1, 0.15) is 17.2 Å². The summed E-state index contributed by atoms with van der Waals surface area (Å²) in [6.07, 6.45) is -5.65. The van der Waals surface area contributed by atoms with Crippen LogP contribution in [-0.2, 0) is 20.6 Å². The minimum absolute atomic E-state index is 0.350. The maximum absolute atomic E-state index is 13.6. The van der Waals surface area contributed by atoms with Crippen molar-refractivity contribution in [3.63, 3.8) is 0 Å². The molecule has 2 amide bonds. The Balaban J connectivity index is 1.55. The Labute approximate surface area is 203 Å². The molecule has 5 rings (SSSR count). The fourth-order valence-electron chi connectivity index (χ4n) is 4.42. The topological polar surface area (TPSA) is 59.1 Å². The first-order chi connectivity index (χ1) is 16.7. The summed E-state index contributed by atoms with van der Waals surface area (Å²) in [5, 5.41) is 1.87. The molecule has 0 N–H and O–H groups in total. The van der Waals surface area contributed by atoms with Crippen LogP contribution < -0.4 is 14.7 Å². The molecule has 180 valence electrons. The summed E-state index contributed by atoms with van der Waals surface area (Å²) in [5.41, 5.74) is 0.440. The first-order valence-corrected chi connectivity index (χ1v) is 11.0. The van der Waals surface area contributed by atoms with Gasteiger partial charge in [0, 0.05) is 5.02 Å². The molecule has 2 saturated heterocycles. The van der Waals surface area contributed by atoms with Crippen LogP contribution in [0.4, 0.5) is 24.5 Å². The molecular formula is C25H18ClF3N2O4. The van der Waals surface area contributed by atoms with Crippen molar-refractivity contribution in [3.05, 3.63) is 88.9 Å². The van der Waals surface area contributed by atoms with Gasteiger partial charge in [0.05, 0.1) is 30.1 Å². The van der Waals surface area contributed by atoms with Gasteiger partial charge in [-0.05, 0) is 66.2 Å². The standard InChI is InChI=1S/C25H18ClF3N2O4/c1-34-19-12-10-17(11-13-19)30-23(32)20-21(14-2-4-15(5-3-14)25(27,28)29)31(35-22(20)24(30)33)18-8-6-16(26)7-9-18/h2-13,20-22H,1H3. The molecule has 0 radical (unpaired) electrons. The van der Waals surface area contributed by atoms with Crippen molar-refractivity contribution in [1.29, 1.82) is 0 Å². The lowest BCUT2D eigenvalue weighted by Gasteiger charge is -2.29. The molecule has 3 atom stereocenters. The van der Waals surface area contributed by atoms with Crippen LogP contribution in [0.15, 0.2) is 72.8 Å². The predicted molar refractivity (Wildman–Crippen MR) is 122 cm³/mol. The van der Waals surface area contributed by atoms with Crippen molar-refractivity contribution in [2.45, 2.75) is 18.3 Å². The van der Waals surface area contributed by atoms with Crippen molar-refractivity contribution in [1.82, 2.24) is 0 Å².